The van der Waals surface area contributed by atoms with Crippen LogP contribution < -0.4 is 0 Å². The maximum Gasteiger partial charge on any atom is 0.303 e. The number of hydrogen-bond donors (Lipinski definition) is 1. The first-order valence-electron chi connectivity index (χ1n) is 7.81. The quantitative estimate of drug-likeness (QED) is 0.541. The van der Waals surface area contributed by atoms with Crippen molar-refractivity contribution < 1.29 is 29.0 Å². The monoisotopic (exact) mass is 324 g/mol. The van der Waals surface area contributed by atoms with Crippen LogP contribution in [0.15, 0.2) is 23.8 Å². The summed E-state index contributed by atoms with van der Waals surface area (Å²) >= 11 is 0. The van der Waals surface area contributed by atoms with E-state index in [1.54, 1.807) is 12.2 Å². The number of hydrogen-bond acceptors (Lipinski definition) is 6. The van der Waals surface area contributed by atoms with Gasteiger partial charge in [0.05, 0.1) is 6.10 Å². The molecule has 0 radical (unpaired) electrons. The molecular weight excluding hydrogens is 300 g/mol. The van der Waals surface area contributed by atoms with E-state index < -0.39 is 36.0 Å². The van der Waals surface area contributed by atoms with Crippen molar-refractivity contribution in [2.24, 2.45) is 0 Å². The van der Waals surface area contributed by atoms with E-state index in [0.29, 0.717) is 12.0 Å². The van der Waals surface area contributed by atoms with E-state index in [1.807, 2.05) is 0 Å². The third-order valence-electron chi connectivity index (χ3n) is 3.39. The lowest BCUT2D eigenvalue weighted by Gasteiger charge is -2.20. The highest BCUT2D eigenvalue weighted by atomic mass is 16.6. The summed E-state index contributed by atoms with van der Waals surface area (Å²) in [6.07, 6.45) is 5.25. The Balaban J connectivity index is 2.77. The molecular formula is C17H24O6. The van der Waals surface area contributed by atoms with E-state index in [-0.39, 0.29) is 0 Å². The molecule has 3 atom stereocenters. The first kappa shape index (κ1) is 19.1. The van der Waals surface area contributed by atoms with Crippen molar-refractivity contribution in [2.45, 2.75) is 64.8 Å². The van der Waals surface area contributed by atoms with Gasteiger partial charge in [-0.25, -0.2) is 0 Å². The molecule has 0 aromatic carbocycles. The van der Waals surface area contributed by atoms with Crippen molar-refractivity contribution in [1.29, 1.82) is 0 Å². The van der Waals surface area contributed by atoms with Gasteiger partial charge in [0, 0.05) is 19.4 Å². The van der Waals surface area contributed by atoms with Crippen LogP contribution in [-0.4, -0.2) is 41.1 Å². The molecule has 0 amide bonds. The maximum atomic E-state index is 11.9. The van der Waals surface area contributed by atoms with Crippen LogP contribution in [-0.2, 0) is 23.9 Å². The fourth-order valence-electron chi connectivity index (χ4n) is 2.32. The number of carbonyl (C=O) groups is 3. The van der Waals surface area contributed by atoms with Crippen LogP contribution in [0.25, 0.3) is 0 Å². The lowest BCUT2D eigenvalue weighted by atomic mass is 10.1. The average Bonchev–Trinajstić information content (AvgIpc) is 2.73. The molecule has 0 saturated carbocycles. The normalized spacial score (nSPS) is 22.1. The van der Waals surface area contributed by atoms with Crippen LogP contribution in [0.3, 0.4) is 0 Å². The number of carbonyl (C=O) groups excluding carboxylic acids is 3. The first-order chi connectivity index (χ1) is 10.8. The number of ether oxygens (including phenoxy) is 2. The van der Waals surface area contributed by atoms with Crippen LogP contribution in [0, 0.1) is 0 Å². The number of unbranched alkanes of at least 4 members (excludes halogenated alkanes) is 2. The predicted molar refractivity (Wildman–Crippen MR) is 83.5 cm³/mol. The SMILES string of the molecule is CCCCCC(O)C=CC1=CC(=O)[C@H](OC(C)=O)[C@H]1OC(C)=O. The van der Waals surface area contributed by atoms with Gasteiger partial charge in [-0.2, -0.15) is 0 Å². The lowest BCUT2D eigenvalue weighted by molar-refractivity contribution is -0.163. The molecule has 128 valence electrons. The number of rotatable bonds is 8. The van der Waals surface area contributed by atoms with E-state index in [1.165, 1.54) is 19.9 Å². The van der Waals surface area contributed by atoms with E-state index in [4.69, 9.17) is 9.47 Å². The van der Waals surface area contributed by atoms with E-state index in [9.17, 15) is 19.5 Å². The van der Waals surface area contributed by atoms with Crippen LogP contribution in [0.5, 0.6) is 0 Å². The number of aliphatic hydroxyl groups is 1. The molecule has 0 saturated heterocycles. The zero-order valence-electron chi connectivity index (χ0n) is 13.8. The topological polar surface area (TPSA) is 89.9 Å². The summed E-state index contributed by atoms with van der Waals surface area (Å²) in [5.41, 5.74) is 0.408. The Bertz CT molecular complexity index is 505. The number of esters is 2. The molecule has 0 fully saturated rings. The Labute approximate surface area is 136 Å². The predicted octanol–water partition coefficient (Wildman–Crippen LogP) is 1.86. The molecule has 6 nitrogen and oxygen atoms in total. The Kier molecular flexibility index (Phi) is 7.68. The Morgan fingerprint density at radius 3 is 2.39 bits per heavy atom. The highest BCUT2D eigenvalue weighted by Gasteiger charge is 2.40. The van der Waals surface area contributed by atoms with Gasteiger partial charge < -0.3 is 14.6 Å². The third-order valence-corrected chi connectivity index (χ3v) is 3.39. The Morgan fingerprint density at radius 1 is 1.22 bits per heavy atom. The van der Waals surface area contributed by atoms with Gasteiger partial charge in [0.25, 0.3) is 0 Å². The van der Waals surface area contributed by atoms with E-state index in [0.717, 1.165) is 19.3 Å². The van der Waals surface area contributed by atoms with Crippen LogP contribution >= 0.6 is 0 Å². The molecule has 1 rings (SSSR count). The minimum Gasteiger partial charge on any atom is -0.453 e. The van der Waals surface area contributed by atoms with Crippen LogP contribution in [0.2, 0.25) is 0 Å². The second-order valence-electron chi connectivity index (χ2n) is 5.53. The number of aliphatic hydroxyl groups excluding tert-OH is 1. The second-order valence-corrected chi connectivity index (χ2v) is 5.53. The minimum atomic E-state index is -1.16. The van der Waals surface area contributed by atoms with Gasteiger partial charge in [-0.1, -0.05) is 38.3 Å². The highest BCUT2D eigenvalue weighted by Crippen LogP contribution is 2.25. The van der Waals surface area contributed by atoms with Crippen molar-refractivity contribution in [2.75, 3.05) is 0 Å². The maximum absolute atomic E-state index is 11.9. The van der Waals surface area contributed by atoms with Crippen molar-refractivity contribution in [1.82, 2.24) is 0 Å². The van der Waals surface area contributed by atoms with E-state index >= 15 is 0 Å². The van der Waals surface area contributed by atoms with Crippen LogP contribution in [0.4, 0.5) is 0 Å². The fraction of sp³-hybridized carbons (Fsp3) is 0.588. The molecule has 1 unspecified atom stereocenters. The minimum absolute atomic E-state index is 0.408. The molecule has 1 aliphatic carbocycles. The standard InChI is InChI=1S/C17H24O6/c1-4-5-6-7-14(20)9-8-13-10-15(21)17(23-12(3)19)16(13)22-11(2)18/h8-10,14,16-17,20H,4-7H2,1-3H3/t14?,16-,17-/m0/s1. The van der Waals surface area contributed by atoms with Gasteiger partial charge in [-0.05, 0) is 12.5 Å². The Hall–Kier alpha value is -1.95. The van der Waals surface area contributed by atoms with Crippen LogP contribution in [0.1, 0.15) is 46.5 Å². The molecule has 1 aliphatic rings. The average molecular weight is 324 g/mol. The molecule has 6 heteroatoms. The first-order valence-corrected chi connectivity index (χ1v) is 7.81. The zero-order chi connectivity index (χ0) is 17.4. The highest BCUT2D eigenvalue weighted by molar-refractivity contribution is 6.00. The van der Waals surface area contributed by atoms with E-state index in [2.05, 4.69) is 6.92 Å². The summed E-state index contributed by atoms with van der Waals surface area (Å²) in [6, 6.07) is 0. The van der Waals surface area contributed by atoms with Gasteiger partial charge in [0.2, 0.25) is 11.9 Å². The van der Waals surface area contributed by atoms with Gasteiger partial charge in [-0.15, -0.1) is 0 Å². The summed E-state index contributed by atoms with van der Waals surface area (Å²) in [5.74, 6) is -1.64. The molecule has 23 heavy (non-hydrogen) atoms. The molecule has 0 aromatic rings. The van der Waals surface area contributed by atoms with Gasteiger partial charge >= 0.3 is 11.9 Å². The van der Waals surface area contributed by atoms with Crippen molar-refractivity contribution in [3.63, 3.8) is 0 Å². The molecule has 0 bridgehead atoms. The van der Waals surface area contributed by atoms with Gasteiger partial charge in [-0.3, -0.25) is 14.4 Å². The summed E-state index contributed by atoms with van der Waals surface area (Å²) in [4.78, 5) is 34.2. The summed E-state index contributed by atoms with van der Waals surface area (Å²) < 4.78 is 10.0. The van der Waals surface area contributed by atoms with Gasteiger partial charge in [0.15, 0.2) is 6.10 Å². The smallest absolute Gasteiger partial charge is 0.303 e. The Morgan fingerprint density at radius 2 is 1.83 bits per heavy atom. The zero-order valence-corrected chi connectivity index (χ0v) is 13.8. The molecule has 0 aromatic heterocycles. The lowest BCUT2D eigenvalue weighted by Crippen LogP contribution is -2.36. The van der Waals surface area contributed by atoms with Gasteiger partial charge in [0.1, 0.15) is 0 Å². The largest absolute Gasteiger partial charge is 0.453 e. The summed E-state index contributed by atoms with van der Waals surface area (Å²) in [5, 5.41) is 9.89. The van der Waals surface area contributed by atoms with Crippen molar-refractivity contribution in [3.8, 4) is 0 Å². The summed E-state index contributed by atoms with van der Waals surface area (Å²) in [6.45, 7) is 4.48. The second kappa shape index (κ2) is 9.25. The molecule has 0 spiro atoms. The number of ketones is 1. The fourth-order valence-corrected chi connectivity index (χ4v) is 2.32. The molecule has 1 N–H and O–H groups in total. The summed E-state index contributed by atoms with van der Waals surface area (Å²) in [7, 11) is 0. The molecule has 0 heterocycles. The van der Waals surface area contributed by atoms with Crippen molar-refractivity contribution >= 4 is 17.7 Å². The van der Waals surface area contributed by atoms with Crippen molar-refractivity contribution in [3.05, 3.63) is 23.8 Å². The molecule has 0 aliphatic heterocycles. The third kappa shape index (κ3) is 6.36.